The van der Waals surface area contributed by atoms with E-state index in [0.29, 0.717) is 0 Å². The lowest BCUT2D eigenvalue weighted by Crippen LogP contribution is -2.43. The second kappa shape index (κ2) is 10.7. The average molecular weight is 500 g/mol. The normalized spacial score (nSPS) is 14.4. The fourth-order valence-corrected chi connectivity index (χ4v) is 4.47. The summed E-state index contributed by atoms with van der Waals surface area (Å²) in [6, 6.07) is 8.70. The Hall–Kier alpha value is -3.06. The zero-order valence-corrected chi connectivity index (χ0v) is 18.6. The van der Waals surface area contributed by atoms with Gasteiger partial charge in [0.2, 0.25) is 10.0 Å². The molecule has 0 unspecified atom stereocenters. The number of amides is 2. The van der Waals surface area contributed by atoms with E-state index in [4.69, 9.17) is 21.1 Å². The van der Waals surface area contributed by atoms with Gasteiger partial charge >= 0.3 is 5.97 Å². The number of sulfonamides is 1. The van der Waals surface area contributed by atoms with Crippen molar-refractivity contribution in [2.24, 2.45) is 0 Å². The van der Waals surface area contributed by atoms with Gasteiger partial charge in [-0.1, -0.05) is 23.7 Å². The number of hydrogen-bond donors (Lipinski definition) is 2. The smallest absolute Gasteiger partial charge is 0.340 e. The second-order valence-corrected chi connectivity index (χ2v) is 9.06. The van der Waals surface area contributed by atoms with E-state index in [9.17, 15) is 27.2 Å². The van der Waals surface area contributed by atoms with Crippen molar-refractivity contribution in [3.63, 3.8) is 0 Å². The summed E-state index contributed by atoms with van der Waals surface area (Å²) in [6.07, 6.45) is 0. The van der Waals surface area contributed by atoms with Crippen LogP contribution in [0.2, 0.25) is 5.02 Å². The van der Waals surface area contributed by atoms with Gasteiger partial charge in [-0.15, -0.1) is 0 Å². The van der Waals surface area contributed by atoms with E-state index < -0.39 is 40.2 Å². The Labute approximate surface area is 193 Å². The first-order valence-corrected chi connectivity index (χ1v) is 11.4. The first-order chi connectivity index (χ1) is 15.7. The van der Waals surface area contributed by atoms with E-state index in [1.165, 1.54) is 34.6 Å². The van der Waals surface area contributed by atoms with Crippen molar-refractivity contribution < 1.29 is 36.7 Å². The Balaban J connectivity index is 1.59. The third-order valence-electron chi connectivity index (χ3n) is 4.53. The van der Waals surface area contributed by atoms with Crippen molar-refractivity contribution in [1.29, 1.82) is 0 Å². The summed E-state index contributed by atoms with van der Waals surface area (Å²) in [6.45, 7) is 0.0365. The molecule has 1 aliphatic heterocycles. The van der Waals surface area contributed by atoms with Crippen LogP contribution in [0, 0.1) is 5.82 Å². The number of rotatable bonds is 6. The molecule has 176 valence electrons. The summed E-state index contributed by atoms with van der Waals surface area (Å²) in [7, 11) is -3.88. The summed E-state index contributed by atoms with van der Waals surface area (Å²) in [4.78, 5) is 36.0. The largest absolute Gasteiger partial charge is 0.452 e. The maximum atomic E-state index is 13.6. The van der Waals surface area contributed by atoms with Crippen molar-refractivity contribution >= 4 is 39.4 Å². The van der Waals surface area contributed by atoms with Gasteiger partial charge in [-0.2, -0.15) is 4.31 Å². The lowest BCUT2D eigenvalue weighted by Gasteiger charge is -2.26. The van der Waals surface area contributed by atoms with Gasteiger partial charge in [-0.3, -0.25) is 20.4 Å². The van der Waals surface area contributed by atoms with Crippen LogP contribution in [0.5, 0.6) is 0 Å². The predicted molar refractivity (Wildman–Crippen MR) is 113 cm³/mol. The Kier molecular flexibility index (Phi) is 7.97. The number of ether oxygens (including phenoxy) is 2. The summed E-state index contributed by atoms with van der Waals surface area (Å²) >= 11 is 6.01. The van der Waals surface area contributed by atoms with Crippen LogP contribution >= 0.6 is 11.6 Å². The molecule has 13 heteroatoms. The van der Waals surface area contributed by atoms with E-state index in [1.54, 1.807) is 0 Å². The lowest BCUT2D eigenvalue weighted by atomic mass is 10.2. The van der Waals surface area contributed by atoms with Crippen LogP contribution in [-0.4, -0.2) is 63.4 Å². The molecule has 0 bridgehead atoms. The minimum atomic E-state index is -3.88. The van der Waals surface area contributed by atoms with Crippen LogP contribution in [0.15, 0.2) is 47.4 Å². The summed E-state index contributed by atoms with van der Waals surface area (Å²) in [5.41, 5.74) is 3.42. The minimum Gasteiger partial charge on any atom is -0.452 e. The number of hydrogen-bond acceptors (Lipinski definition) is 7. The standard InChI is InChI=1S/C20H19ClFN3O7S/c21-16-6-5-13(33(29,30)25-7-9-31-10-8-25)11-15(16)20(28)32-12-18(26)23-24-19(27)14-3-1-2-4-17(14)22/h1-6,11H,7-10,12H2,(H,23,26)(H,24,27). The quantitative estimate of drug-likeness (QED) is 0.449. The van der Waals surface area contributed by atoms with Crippen molar-refractivity contribution in [2.45, 2.75) is 4.90 Å². The van der Waals surface area contributed by atoms with Crippen LogP contribution in [0.1, 0.15) is 20.7 Å². The number of nitrogens with one attached hydrogen (secondary N) is 2. The van der Waals surface area contributed by atoms with E-state index in [2.05, 4.69) is 0 Å². The number of nitrogens with zero attached hydrogens (tertiary/aromatic N) is 1. The summed E-state index contributed by atoms with van der Waals surface area (Å²) in [5, 5.41) is -0.0748. The molecule has 2 aromatic carbocycles. The Morgan fingerprint density at radius 3 is 2.45 bits per heavy atom. The molecule has 1 heterocycles. The zero-order valence-electron chi connectivity index (χ0n) is 17.0. The molecule has 0 spiro atoms. The van der Waals surface area contributed by atoms with Crippen LogP contribution in [0.25, 0.3) is 0 Å². The number of morpholine rings is 1. The highest BCUT2D eigenvalue weighted by molar-refractivity contribution is 7.89. The highest BCUT2D eigenvalue weighted by Gasteiger charge is 2.28. The van der Waals surface area contributed by atoms with Crippen molar-refractivity contribution in [1.82, 2.24) is 15.2 Å². The van der Waals surface area contributed by atoms with Crippen LogP contribution in [0.4, 0.5) is 4.39 Å². The van der Waals surface area contributed by atoms with Gasteiger partial charge < -0.3 is 9.47 Å². The van der Waals surface area contributed by atoms with Gasteiger partial charge in [-0.25, -0.2) is 17.6 Å². The molecule has 2 amide bonds. The molecule has 33 heavy (non-hydrogen) atoms. The molecule has 1 fully saturated rings. The van der Waals surface area contributed by atoms with Gasteiger partial charge in [0.05, 0.1) is 34.3 Å². The highest BCUT2D eigenvalue weighted by Crippen LogP contribution is 2.24. The maximum absolute atomic E-state index is 13.6. The first kappa shape index (κ1) is 24.6. The molecular formula is C20H19ClFN3O7S. The van der Waals surface area contributed by atoms with Crippen LogP contribution < -0.4 is 10.9 Å². The molecule has 10 nitrogen and oxygen atoms in total. The predicted octanol–water partition coefficient (Wildman–Crippen LogP) is 1.12. The fourth-order valence-electron chi connectivity index (χ4n) is 2.84. The molecule has 2 aromatic rings. The molecule has 0 aliphatic carbocycles. The molecule has 2 N–H and O–H groups in total. The van der Waals surface area contributed by atoms with E-state index in [-0.39, 0.29) is 47.3 Å². The maximum Gasteiger partial charge on any atom is 0.340 e. The Morgan fingerprint density at radius 2 is 1.76 bits per heavy atom. The van der Waals surface area contributed by atoms with E-state index >= 15 is 0 Å². The van der Waals surface area contributed by atoms with Crippen molar-refractivity contribution in [2.75, 3.05) is 32.9 Å². The number of halogens is 2. The number of carbonyl (C=O) groups is 3. The van der Waals surface area contributed by atoms with Gasteiger partial charge in [0.15, 0.2) is 6.61 Å². The number of benzene rings is 2. The molecule has 0 saturated carbocycles. The monoisotopic (exact) mass is 499 g/mol. The van der Waals surface area contributed by atoms with Crippen LogP contribution in [-0.2, 0) is 24.3 Å². The molecule has 0 radical (unpaired) electrons. The van der Waals surface area contributed by atoms with Crippen molar-refractivity contribution in [3.05, 3.63) is 64.4 Å². The number of esters is 1. The third-order valence-corrected chi connectivity index (χ3v) is 6.76. The van der Waals surface area contributed by atoms with Gasteiger partial charge in [0.1, 0.15) is 5.82 Å². The molecule has 0 aromatic heterocycles. The molecule has 1 saturated heterocycles. The number of hydrazine groups is 1. The fraction of sp³-hybridized carbons (Fsp3) is 0.250. The summed E-state index contributed by atoms with van der Waals surface area (Å²) in [5.74, 6) is -3.65. The molecular weight excluding hydrogens is 481 g/mol. The zero-order chi connectivity index (χ0) is 24.0. The topological polar surface area (TPSA) is 131 Å². The van der Waals surface area contributed by atoms with Crippen LogP contribution in [0.3, 0.4) is 0 Å². The molecule has 3 rings (SSSR count). The number of carbonyl (C=O) groups excluding carboxylic acids is 3. The molecule has 0 atom stereocenters. The minimum absolute atomic E-state index is 0.0748. The van der Waals surface area contributed by atoms with E-state index in [1.807, 2.05) is 10.9 Å². The summed E-state index contributed by atoms with van der Waals surface area (Å²) < 4.78 is 50.3. The SMILES string of the molecule is O=C(COC(=O)c1cc(S(=O)(=O)N2CCOCC2)ccc1Cl)NNC(=O)c1ccccc1F. The second-order valence-electron chi connectivity index (χ2n) is 6.72. The first-order valence-electron chi connectivity index (χ1n) is 9.58. The molecule has 1 aliphatic rings. The van der Waals surface area contributed by atoms with E-state index in [0.717, 1.165) is 12.1 Å². The average Bonchev–Trinajstić information content (AvgIpc) is 2.82. The van der Waals surface area contributed by atoms with Gasteiger partial charge in [-0.05, 0) is 30.3 Å². The Morgan fingerprint density at radius 1 is 1.06 bits per heavy atom. The van der Waals surface area contributed by atoms with Crippen molar-refractivity contribution in [3.8, 4) is 0 Å². The third kappa shape index (κ3) is 6.05. The highest BCUT2D eigenvalue weighted by atomic mass is 35.5. The Bertz CT molecular complexity index is 1170. The van der Waals surface area contributed by atoms with Gasteiger partial charge in [0.25, 0.3) is 11.8 Å². The van der Waals surface area contributed by atoms with Gasteiger partial charge in [0, 0.05) is 13.1 Å². The lowest BCUT2D eigenvalue weighted by molar-refractivity contribution is -0.125.